The zero-order chi connectivity index (χ0) is 13.9. The lowest BCUT2D eigenvalue weighted by atomic mass is 10.0. The predicted octanol–water partition coefficient (Wildman–Crippen LogP) is 3.59. The summed E-state index contributed by atoms with van der Waals surface area (Å²) in [5, 5.41) is 8.11. The van der Waals surface area contributed by atoms with Gasteiger partial charge in [0.05, 0.1) is 11.6 Å². The van der Waals surface area contributed by atoms with Crippen LogP contribution in [-0.2, 0) is 11.3 Å². The third-order valence-corrected chi connectivity index (χ3v) is 5.40. The lowest BCUT2D eigenvalue weighted by molar-refractivity contribution is -0.122. The maximum Gasteiger partial charge on any atom is 0.220 e. The van der Waals surface area contributed by atoms with Crippen LogP contribution in [0.2, 0.25) is 5.02 Å². The summed E-state index contributed by atoms with van der Waals surface area (Å²) >= 11 is 8.01. The molecule has 1 unspecified atom stereocenters. The maximum atomic E-state index is 11.9. The van der Waals surface area contributed by atoms with Crippen LogP contribution in [0.25, 0.3) is 10.1 Å². The van der Waals surface area contributed by atoms with Gasteiger partial charge in [0.25, 0.3) is 0 Å². The van der Waals surface area contributed by atoms with Crippen molar-refractivity contribution in [2.75, 3.05) is 13.1 Å². The average molecular weight is 345 g/mol. The average Bonchev–Trinajstić information content (AvgIpc) is 3.06. The number of hydrogen-bond acceptors (Lipinski definition) is 3. The Hall–Kier alpha value is -0.810. The molecular formula is C15H18Cl2N2OS. The number of thiophene rings is 1. The van der Waals surface area contributed by atoms with Gasteiger partial charge in [-0.05, 0) is 31.5 Å². The summed E-state index contributed by atoms with van der Waals surface area (Å²) in [4.78, 5) is 13.0. The lowest BCUT2D eigenvalue weighted by Crippen LogP contribution is -2.25. The first kappa shape index (κ1) is 16.6. The molecular weight excluding hydrogens is 327 g/mol. The number of carbonyl (C=O) groups excluding carboxylic acids is 1. The van der Waals surface area contributed by atoms with Gasteiger partial charge in [0.2, 0.25) is 5.91 Å². The summed E-state index contributed by atoms with van der Waals surface area (Å²) in [6.45, 7) is 2.51. The Balaban J connectivity index is 0.00000161. The van der Waals surface area contributed by atoms with E-state index in [-0.39, 0.29) is 18.3 Å². The summed E-state index contributed by atoms with van der Waals surface area (Å²) in [5.41, 5.74) is 0. The first-order valence-electron chi connectivity index (χ1n) is 6.87. The molecule has 1 aromatic heterocycles. The molecule has 21 heavy (non-hydrogen) atoms. The van der Waals surface area contributed by atoms with Gasteiger partial charge in [-0.2, -0.15) is 0 Å². The van der Waals surface area contributed by atoms with Crippen molar-refractivity contribution in [3.05, 3.63) is 34.2 Å². The monoisotopic (exact) mass is 344 g/mol. The number of halogens is 2. The van der Waals surface area contributed by atoms with E-state index in [2.05, 4.69) is 16.7 Å². The largest absolute Gasteiger partial charge is 0.351 e. The fourth-order valence-corrected chi connectivity index (χ4v) is 4.02. The molecule has 114 valence electrons. The molecule has 2 aromatic rings. The molecule has 3 nitrogen and oxygen atoms in total. The van der Waals surface area contributed by atoms with Crippen LogP contribution >= 0.6 is 35.3 Å². The third kappa shape index (κ3) is 3.89. The SMILES string of the molecule is Cl.O=C(CC1CCNC1)NCc1sc2ccccc2c1Cl. The van der Waals surface area contributed by atoms with Crippen molar-refractivity contribution in [1.82, 2.24) is 10.6 Å². The molecule has 1 atom stereocenters. The fraction of sp³-hybridized carbons (Fsp3) is 0.400. The highest BCUT2D eigenvalue weighted by molar-refractivity contribution is 7.19. The molecule has 0 saturated carbocycles. The second-order valence-corrected chi connectivity index (χ2v) is 6.69. The van der Waals surface area contributed by atoms with E-state index in [0.717, 1.165) is 34.8 Å². The molecule has 1 aromatic carbocycles. The zero-order valence-electron chi connectivity index (χ0n) is 11.5. The van der Waals surface area contributed by atoms with Crippen LogP contribution in [-0.4, -0.2) is 19.0 Å². The van der Waals surface area contributed by atoms with Crippen molar-refractivity contribution in [2.45, 2.75) is 19.4 Å². The summed E-state index contributed by atoms with van der Waals surface area (Å²) < 4.78 is 1.17. The van der Waals surface area contributed by atoms with Crippen LogP contribution in [0, 0.1) is 5.92 Å². The van der Waals surface area contributed by atoms with E-state index in [1.807, 2.05) is 18.2 Å². The van der Waals surface area contributed by atoms with Gasteiger partial charge in [0, 0.05) is 21.4 Å². The van der Waals surface area contributed by atoms with Crippen LogP contribution in [0.1, 0.15) is 17.7 Å². The Labute approximate surface area is 139 Å². The summed E-state index contributed by atoms with van der Waals surface area (Å²) in [6.07, 6.45) is 1.70. The van der Waals surface area contributed by atoms with E-state index < -0.39 is 0 Å². The van der Waals surface area contributed by atoms with Gasteiger partial charge in [0.15, 0.2) is 0 Å². The number of benzene rings is 1. The smallest absolute Gasteiger partial charge is 0.220 e. The highest BCUT2D eigenvalue weighted by Crippen LogP contribution is 2.34. The molecule has 1 amide bonds. The van der Waals surface area contributed by atoms with Gasteiger partial charge in [-0.3, -0.25) is 4.79 Å². The van der Waals surface area contributed by atoms with Gasteiger partial charge in [0.1, 0.15) is 0 Å². The van der Waals surface area contributed by atoms with Crippen molar-refractivity contribution in [3.8, 4) is 0 Å². The molecule has 2 heterocycles. The Kier molecular flexibility index (Phi) is 5.88. The van der Waals surface area contributed by atoms with Gasteiger partial charge in [-0.15, -0.1) is 23.7 Å². The minimum absolute atomic E-state index is 0. The molecule has 2 N–H and O–H groups in total. The van der Waals surface area contributed by atoms with Gasteiger partial charge in [-0.1, -0.05) is 29.8 Å². The summed E-state index contributed by atoms with van der Waals surface area (Å²) in [6, 6.07) is 8.06. The van der Waals surface area contributed by atoms with E-state index in [9.17, 15) is 4.79 Å². The summed E-state index contributed by atoms with van der Waals surface area (Å²) in [7, 11) is 0. The van der Waals surface area contributed by atoms with Crippen molar-refractivity contribution >= 4 is 51.3 Å². The molecule has 1 aliphatic rings. The minimum Gasteiger partial charge on any atom is -0.351 e. The van der Waals surface area contributed by atoms with Crippen molar-refractivity contribution in [2.24, 2.45) is 5.92 Å². The number of amides is 1. The van der Waals surface area contributed by atoms with Crippen LogP contribution in [0.4, 0.5) is 0 Å². The third-order valence-electron chi connectivity index (χ3n) is 3.68. The normalized spacial score (nSPS) is 17.7. The molecule has 0 radical (unpaired) electrons. The van der Waals surface area contributed by atoms with E-state index in [1.54, 1.807) is 11.3 Å². The van der Waals surface area contributed by atoms with Gasteiger partial charge < -0.3 is 10.6 Å². The van der Waals surface area contributed by atoms with E-state index in [1.165, 1.54) is 4.70 Å². The van der Waals surface area contributed by atoms with Crippen molar-refractivity contribution in [3.63, 3.8) is 0 Å². The maximum absolute atomic E-state index is 11.9. The molecule has 1 saturated heterocycles. The van der Waals surface area contributed by atoms with Gasteiger partial charge >= 0.3 is 0 Å². The first-order valence-corrected chi connectivity index (χ1v) is 8.07. The van der Waals surface area contributed by atoms with Crippen LogP contribution in [0.5, 0.6) is 0 Å². The quantitative estimate of drug-likeness (QED) is 0.889. The Morgan fingerprint density at radius 2 is 2.24 bits per heavy atom. The van der Waals surface area contributed by atoms with Crippen LogP contribution in [0.3, 0.4) is 0 Å². The molecule has 0 spiro atoms. The first-order chi connectivity index (χ1) is 9.74. The molecule has 3 rings (SSSR count). The standard InChI is InChI=1S/C15H17ClN2OS.ClH/c16-15-11-3-1-2-4-12(11)20-13(15)9-18-14(19)7-10-5-6-17-8-10;/h1-4,10,17H,5-9H2,(H,18,19);1H. The molecule has 1 fully saturated rings. The molecule has 0 aliphatic carbocycles. The Bertz CT molecular complexity index is 623. The van der Waals surface area contributed by atoms with Crippen LogP contribution in [0.15, 0.2) is 24.3 Å². The van der Waals surface area contributed by atoms with E-state index >= 15 is 0 Å². The molecule has 6 heteroatoms. The van der Waals surface area contributed by atoms with E-state index in [4.69, 9.17) is 11.6 Å². The minimum atomic E-state index is 0. The number of carbonyl (C=O) groups is 1. The van der Waals surface area contributed by atoms with Gasteiger partial charge in [-0.25, -0.2) is 0 Å². The summed E-state index contributed by atoms with van der Waals surface area (Å²) in [5.74, 6) is 0.597. The second kappa shape index (κ2) is 7.45. The van der Waals surface area contributed by atoms with Crippen LogP contribution < -0.4 is 10.6 Å². The van der Waals surface area contributed by atoms with Crippen molar-refractivity contribution < 1.29 is 4.79 Å². The van der Waals surface area contributed by atoms with E-state index in [0.29, 0.717) is 18.9 Å². The molecule has 0 bridgehead atoms. The molecule has 1 aliphatic heterocycles. The topological polar surface area (TPSA) is 41.1 Å². The zero-order valence-corrected chi connectivity index (χ0v) is 13.9. The highest BCUT2D eigenvalue weighted by atomic mass is 35.5. The van der Waals surface area contributed by atoms with Crippen molar-refractivity contribution in [1.29, 1.82) is 0 Å². The Morgan fingerprint density at radius 3 is 2.95 bits per heavy atom. The lowest BCUT2D eigenvalue weighted by Gasteiger charge is -2.08. The second-order valence-electron chi connectivity index (χ2n) is 5.18. The predicted molar refractivity (Wildman–Crippen MR) is 91.5 cm³/mol. The number of hydrogen-bond donors (Lipinski definition) is 2. The fourth-order valence-electron chi connectivity index (χ4n) is 2.58. The number of fused-ring (bicyclic) bond motifs is 1. The highest BCUT2D eigenvalue weighted by Gasteiger charge is 2.18. The number of nitrogens with one attached hydrogen (secondary N) is 2. The Morgan fingerprint density at radius 1 is 1.43 bits per heavy atom. The number of rotatable bonds is 4.